The molecular formula is C15H12F3NO3S. The molecule has 0 unspecified atom stereocenters. The first kappa shape index (κ1) is 17.2. The van der Waals surface area contributed by atoms with Gasteiger partial charge in [-0.15, -0.1) is 0 Å². The van der Waals surface area contributed by atoms with Gasteiger partial charge in [0.15, 0.2) is 23.2 Å². The van der Waals surface area contributed by atoms with E-state index < -0.39 is 34.0 Å². The average Bonchev–Trinajstić information content (AvgIpc) is 2.50. The van der Waals surface area contributed by atoms with Crippen molar-refractivity contribution in [3.05, 3.63) is 65.0 Å². The molecule has 1 N–H and O–H groups in total. The number of sulfonamides is 1. The molecule has 0 amide bonds. The van der Waals surface area contributed by atoms with Crippen LogP contribution in [0.15, 0.2) is 41.3 Å². The summed E-state index contributed by atoms with van der Waals surface area (Å²) in [6.45, 7) is 0.935. The number of benzene rings is 2. The molecule has 0 heterocycles. The molecule has 0 bridgehead atoms. The van der Waals surface area contributed by atoms with E-state index in [2.05, 4.69) is 4.72 Å². The Morgan fingerprint density at radius 1 is 1.04 bits per heavy atom. The van der Waals surface area contributed by atoms with E-state index in [-0.39, 0.29) is 16.2 Å². The maximum absolute atomic E-state index is 13.1. The van der Waals surface area contributed by atoms with Gasteiger partial charge in [-0.3, -0.25) is 4.79 Å². The first-order valence-electron chi connectivity index (χ1n) is 6.45. The molecule has 0 saturated carbocycles. The van der Waals surface area contributed by atoms with Crippen LogP contribution in [0.3, 0.4) is 0 Å². The van der Waals surface area contributed by atoms with Gasteiger partial charge in [0.05, 0.1) is 4.90 Å². The zero-order chi connectivity index (χ0) is 17.2. The van der Waals surface area contributed by atoms with Crippen LogP contribution in [-0.2, 0) is 16.6 Å². The lowest BCUT2D eigenvalue weighted by atomic mass is 10.2. The summed E-state index contributed by atoms with van der Waals surface area (Å²) in [5.74, 6) is -4.62. The van der Waals surface area contributed by atoms with Gasteiger partial charge in [0, 0.05) is 12.1 Å². The first-order valence-corrected chi connectivity index (χ1v) is 7.93. The highest BCUT2D eigenvalue weighted by atomic mass is 32.2. The third-order valence-corrected chi connectivity index (χ3v) is 4.50. The van der Waals surface area contributed by atoms with E-state index in [4.69, 9.17) is 0 Å². The number of carbonyl (C=O) groups is 1. The number of halogens is 3. The fourth-order valence-electron chi connectivity index (χ4n) is 1.84. The lowest BCUT2D eigenvalue weighted by Gasteiger charge is -2.08. The first-order chi connectivity index (χ1) is 10.7. The van der Waals surface area contributed by atoms with Gasteiger partial charge >= 0.3 is 0 Å². The number of Topliss-reactive ketones (excluding diaryl/α,β-unsaturated/α-hetero) is 1. The summed E-state index contributed by atoms with van der Waals surface area (Å²) in [5.41, 5.74) is 0.289. The number of carbonyl (C=O) groups excluding carboxylic acids is 1. The summed E-state index contributed by atoms with van der Waals surface area (Å²) in [4.78, 5) is 11.0. The van der Waals surface area contributed by atoms with Gasteiger partial charge in [0.1, 0.15) is 0 Å². The monoisotopic (exact) mass is 343 g/mol. The minimum absolute atomic E-state index is 0.0645. The Hall–Kier alpha value is -2.19. The van der Waals surface area contributed by atoms with Crippen LogP contribution in [0.2, 0.25) is 0 Å². The SMILES string of the molecule is CC(=O)c1ccc(S(=O)(=O)NCc2cc(F)c(F)c(F)c2)cc1. The summed E-state index contributed by atoms with van der Waals surface area (Å²) in [7, 11) is -3.94. The second-order valence-electron chi connectivity index (χ2n) is 4.78. The van der Waals surface area contributed by atoms with E-state index in [9.17, 15) is 26.4 Å². The highest BCUT2D eigenvalue weighted by Crippen LogP contribution is 2.15. The quantitative estimate of drug-likeness (QED) is 0.671. The zero-order valence-corrected chi connectivity index (χ0v) is 12.8. The van der Waals surface area contributed by atoms with Crippen molar-refractivity contribution in [2.75, 3.05) is 0 Å². The van der Waals surface area contributed by atoms with Gasteiger partial charge in [0.25, 0.3) is 0 Å². The molecule has 2 aromatic rings. The van der Waals surface area contributed by atoms with Crippen LogP contribution in [0.5, 0.6) is 0 Å². The zero-order valence-electron chi connectivity index (χ0n) is 11.9. The van der Waals surface area contributed by atoms with Crippen LogP contribution in [0.4, 0.5) is 13.2 Å². The lowest BCUT2D eigenvalue weighted by Crippen LogP contribution is -2.23. The topological polar surface area (TPSA) is 63.2 Å². The molecule has 0 radical (unpaired) electrons. The van der Waals surface area contributed by atoms with Crippen molar-refractivity contribution in [2.45, 2.75) is 18.4 Å². The molecule has 0 aliphatic rings. The Morgan fingerprint density at radius 3 is 2.04 bits per heavy atom. The second kappa shape index (κ2) is 6.51. The maximum Gasteiger partial charge on any atom is 0.240 e. The summed E-state index contributed by atoms with van der Waals surface area (Å²) >= 11 is 0. The molecule has 0 aliphatic carbocycles. The summed E-state index contributed by atoms with van der Waals surface area (Å²) in [6.07, 6.45) is 0. The van der Waals surface area contributed by atoms with E-state index in [0.29, 0.717) is 17.7 Å². The van der Waals surface area contributed by atoms with Crippen molar-refractivity contribution in [1.82, 2.24) is 4.72 Å². The molecule has 0 fully saturated rings. The van der Waals surface area contributed by atoms with E-state index in [1.165, 1.54) is 31.2 Å². The van der Waals surface area contributed by atoms with Gasteiger partial charge in [0.2, 0.25) is 10.0 Å². The fraction of sp³-hybridized carbons (Fsp3) is 0.133. The average molecular weight is 343 g/mol. The highest BCUT2D eigenvalue weighted by Gasteiger charge is 2.16. The van der Waals surface area contributed by atoms with Gasteiger partial charge in [-0.1, -0.05) is 12.1 Å². The number of hydrogen-bond donors (Lipinski definition) is 1. The van der Waals surface area contributed by atoms with E-state index >= 15 is 0 Å². The fourth-order valence-corrected chi connectivity index (χ4v) is 2.86. The smallest absolute Gasteiger partial charge is 0.240 e. The largest absolute Gasteiger partial charge is 0.295 e. The molecule has 4 nitrogen and oxygen atoms in total. The number of rotatable bonds is 5. The number of nitrogens with one attached hydrogen (secondary N) is 1. The molecule has 0 aliphatic heterocycles. The molecule has 2 aromatic carbocycles. The Balaban J connectivity index is 2.17. The Morgan fingerprint density at radius 2 is 1.57 bits per heavy atom. The van der Waals surface area contributed by atoms with Crippen molar-refractivity contribution < 1.29 is 26.4 Å². The third-order valence-electron chi connectivity index (χ3n) is 3.08. The van der Waals surface area contributed by atoms with Gasteiger partial charge in [-0.25, -0.2) is 26.3 Å². The van der Waals surface area contributed by atoms with E-state index in [1.54, 1.807) is 0 Å². The molecule has 0 spiro atoms. The molecular weight excluding hydrogens is 331 g/mol. The van der Waals surface area contributed by atoms with Crippen LogP contribution in [0.25, 0.3) is 0 Å². The lowest BCUT2D eigenvalue weighted by molar-refractivity contribution is 0.101. The summed E-state index contributed by atoms with van der Waals surface area (Å²) in [6, 6.07) is 6.61. The summed E-state index contributed by atoms with van der Waals surface area (Å²) in [5, 5.41) is 0. The van der Waals surface area contributed by atoms with Crippen LogP contribution < -0.4 is 4.72 Å². The van der Waals surface area contributed by atoms with Crippen LogP contribution >= 0.6 is 0 Å². The molecule has 0 atom stereocenters. The second-order valence-corrected chi connectivity index (χ2v) is 6.55. The number of ketones is 1. The number of hydrogen-bond acceptors (Lipinski definition) is 3. The van der Waals surface area contributed by atoms with Crippen LogP contribution in [0, 0.1) is 17.5 Å². The third kappa shape index (κ3) is 3.96. The molecule has 8 heteroatoms. The maximum atomic E-state index is 13.1. The van der Waals surface area contributed by atoms with Crippen molar-refractivity contribution in [3.63, 3.8) is 0 Å². The minimum atomic E-state index is -3.94. The molecule has 2 rings (SSSR count). The van der Waals surface area contributed by atoms with Gasteiger partial charge in [-0.05, 0) is 36.8 Å². The van der Waals surface area contributed by atoms with Crippen molar-refractivity contribution in [2.24, 2.45) is 0 Å². The standard InChI is InChI=1S/C15H12F3NO3S/c1-9(20)11-2-4-12(5-3-11)23(21,22)19-8-10-6-13(16)15(18)14(17)7-10/h2-7,19H,8H2,1H3. The summed E-state index contributed by atoms with van der Waals surface area (Å²) < 4.78 is 65.3. The predicted molar refractivity (Wildman–Crippen MR) is 76.8 cm³/mol. The van der Waals surface area contributed by atoms with Gasteiger partial charge in [-0.2, -0.15) is 0 Å². The van der Waals surface area contributed by atoms with E-state index in [1.807, 2.05) is 0 Å². The molecule has 122 valence electrons. The molecule has 0 aromatic heterocycles. The van der Waals surface area contributed by atoms with Crippen molar-refractivity contribution in [3.8, 4) is 0 Å². The molecule has 0 saturated heterocycles. The highest BCUT2D eigenvalue weighted by molar-refractivity contribution is 7.89. The van der Waals surface area contributed by atoms with Gasteiger partial charge < -0.3 is 0 Å². The Labute approximate surface area is 131 Å². The normalized spacial score (nSPS) is 11.5. The van der Waals surface area contributed by atoms with Crippen molar-refractivity contribution >= 4 is 15.8 Å². The predicted octanol–water partition coefficient (Wildman–Crippen LogP) is 2.79. The Bertz CT molecular complexity index is 826. The Kier molecular flexibility index (Phi) is 4.86. The molecule has 23 heavy (non-hydrogen) atoms. The van der Waals surface area contributed by atoms with Crippen LogP contribution in [-0.4, -0.2) is 14.2 Å². The van der Waals surface area contributed by atoms with Crippen molar-refractivity contribution in [1.29, 1.82) is 0 Å². The van der Waals surface area contributed by atoms with E-state index in [0.717, 1.165) is 0 Å². The minimum Gasteiger partial charge on any atom is -0.295 e. The van der Waals surface area contributed by atoms with Crippen LogP contribution in [0.1, 0.15) is 22.8 Å².